The molecule has 0 radical (unpaired) electrons. The Labute approximate surface area is 68.8 Å². The van der Waals surface area contributed by atoms with E-state index in [0.717, 1.165) is 11.8 Å². The average molecular weight is 161 g/mol. The van der Waals surface area contributed by atoms with Crippen molar-refractivity contribution in [2.75, 3.05) is 0 Å². The zero-order chi connectivity index (χ0) is 8.55. The van der Waals surface area contributed by atoms with Crippen molar-refractivity contribution in [2.24, 2.45) is 0 Å². The van der Waals surface area contributed by atoms with E-state index in [0.29, 0.717) is 11.3 Å². The fourth-order valence-electron chi connectivity index (χ4n) is 1.17. The van der Waals surface area contributed by atoms with Crippen LogP contribution in [0.15, 0.2) is 18.3 Å². The molecule has 4 nitrogen and oxygen atoms in total. The SMILES string of the molecule is Cc1nn2ncccc2c1C=O. The van der Waals surface area contributed by atoms with Crippen LogP contribution in [0.2, 0.25) is 0 Å². The summed E-state index contributed by atoms with van der Waals surface area (Å²) in [4.78, 5) is 10.6. The number of rotatable bonds is 1. The first-order valence-corrected chi connectivity index (χ1v) is 3.59. The van der Waals surface area contributed by atoms with Gasteiger partial charge >= 0.3 is 0 Å². The first kappa shape index (κ1) is 6.97. The number of nitrogens with zero attached hydrogens (tertiary/aromatic N) is 3. The van der Waals surface area contributed by atoms with Crippen LogP contribution in [-0.2, 0) is 0 Å². The van der Waals surface area contributed by atoms with E-state index >= 15 is 0 Å². The van der Waals surface area contributed by atoms with Gasteiger partial charge in [-0.2, -0.15) is 14.8 Å². The molecule has 60 valence electrons. The zero-order valence-electron chi connectivity index (χ0n) is 6.56. The summed E-state index contributed by atoms with van der Waals surface area (Å²) in [6.45, 7) is 1.79. The van der Waals surface area contributed by atoms with Crippen LogP contribution in [0.5, 0.6) is 0 Å². The molecule has 0 fully saturated rings. The summed E-state index contributed by atoms with van der Waals surface area (Å²) in [5, 5.41) is 8.02. The van der Waals surface area contributed by atoms with Crippen LogP contribution in [0.1, 0.15) is 16.1 Å². The van der Waals surface area contributed by atoms with Crippen LogP contribution in [0.25, 0.3) is 5.52 Å². The molecule has 0 amide bonds. The van der Waals surface area contributed by atoms with E-state index in [2.05, 4.69) is 10.2 Å². The summed E-state index contributed by atoms with van der Waals surface area (Å²) in [6, 6.07) is 3.60. The predicted octanol–water partition coefficient (Wildman–Crippen LogP) is 0.850. The fourth-order valence-corrected chi connectivity index (χ4v) is 1.17. The van der Waals surface area contributed by atoms with Crippen LogP contribution in [0.3, 0.4) is 0 Å². The summed E-state index contributed by atoms with van der Waals surface area (Å²) < 4.78 is 1.46. The van der Waals surface area contributed by atoms with Gasteiger partial charge in [0.05, 0.1) is 16.8 Å². The molecule has 0 aromatic carbocycles. The van der Waals surface area contributed by atoms with E-state index in [-0.39, 0.29) is 0 Å². The van der Waals surface area contributed by atoms with E-state index < -0.39 is 0 Å². The lowest BCUT2D eigenvalue weighted by Gasteiger charge is -1.87. The topological polar surface area (TPSA) is 47.3 Å². The number of aldehydes is 1. The van der Waals surface area contributed by atoms with Gasteiger partial charge in [-0.15, -0.1) is 0 Å². The smallest absolute Gasteiger partial charge is 0.154 e. The first-order valence-electron chi connectivity index (χ1n) is 3.59. The van der Waals surface area contributed by atoms with Gasteiger partial charge in [-0.05, 0) is 19.1 Å². The molecule has 4 heteroatoms. The van der Waals surface area contributed by atoms with Crippen molar-refractivity contribution in [3.63, 3.8) is 0 Å². The maximum atomic E-state index is 10.6. The third-order valence-electron chi connectivity index (χ3n) is 1.76. The molecular formula is C8H7N3O. The fraction of sp³-hybridized carbons (Fsp3) is 0.125. The van der Waals surface area contributed by atoms with Crippen molar-refractivity contribution in [1.82, 2.24) is 14.8 Å². The number of carbonyl (C=O) groups is 1. The second-order valence-corrected chi connectivity index (χ2v) is 2.52. The molecule has 2 aromatic rings. The Kier molecular flexibility index (Phi) is 1.40. The van der Waals surface area contributed by atoms with Crippen LogP contribution < -0.4 is 0 Å². The first-order chi connectivity index (χ1) is 5.83. The quantitative estimate of drug-likeness (QED) is 0.582. The van der Waals surface area contributed by atoms with Crippen molar-refractivity contribution in [1.29, 1.82) is 0 Å². The van der Waals surface area contributed by atoms with Crippen molar-refractivity contribution in [3.05, 3.63) is 29.6 Å². The minimum absolute atomic E-state index is 0.614. The lowest BCUT2D eigenvalue weighted by atomic mass is 10.2. The van der Waals surface area contributed by atoms with Gasteiger partial charge in [0.25, 0.3) is 0 Å². The number of aryl methyl sites for hydroxylation is 1. The van der Waals surface area contributed by atoms with Crippen LogP contribution in [-0.4, -0.2) is 21.1 Å². The molecule has 0 aliphatic rings. The van der Waals surface area contributed by atoms with Gasteiger partial charge in [-0.25, -0.2) is 0 Å². The van der Waals surface area contributed by atoms with Gasteiger partial charge in [-0.3, -0.25) is 4.79 Å². The van der Waals surface area contributed by atoms with Gasteiger partial charge in [0.15, 0.2) is 6.29 Å². The molecule has 0 unspecified atom stereocenters. The molecule has 0 spiro atoms. The second-order valence-electron chi connectivity index (χ2n) is 2.52. The van der Waals surface area contributed by atoms with E-state index in [1.807, 2.05) is 6.07 Å². The van der Waals surface area contributed by atoms with Gasteiger partial charge < -0.3 is 0 Å². The molecule has 2 rings (SSSR count). The van der Waals surface area contributed by atoms with Crippen LogP contribution in [0, 0.1) is 6.92 Å². The minimum atomic E-state index is 0.614. The molecule has 0 saturated heterocycles. The Balaban J connectivity index is 2.90. The zero-order valence-corrected chi connectivity index (χ0v) is 6.56. The molecule has 12 heavy (non-hydrogen) atoms. The Morgan fingerprint density at radius 2 is 2.42 bits per heavy atom. The Morgan fingerprint density at radius 1 is 1.58 bits per heavy atom. The van der Waals surface area contributed by atoms with E-state index in [1.165, 1.54) is 4.63 Å². The lowest BCUT2D eigenvalue weighted by molar-refractivity contribution is 0.112. The molecule has 0 aliphatic carbocycles. The molecule has 2 aromatic heterocycles. The van der Waals surface area contributed by atoms with Crippen molar-refractivity contribution < 1.29 is 4.79 Å². The number of aromatic nitrogens is 3. The molecule has 0 aliphatic heterocycles. The maximum absolute atomic E-state index is 10.6. The normalized spacial score (nSPS) is 10.4. The lowest BCUT2D eigenvalue weighted by Crippen LogP contribution is -1.90. The predicted molar refractivity (Wildman–Crippen MR) is 43.1 cm³/mol. The monoisotopic (exact) mass is 161 g/mol. The van der Waals surface area contributed by atoms with E-state index in [1.54, 1.807) is 19.2 Å². The number of carbonyl (C=O) groups excluding carboxylic acids is 1. The largest absolute Gasteiger partial charge is 0.298 e. The summed E-state index contributed by atoms with van der Waals surface area (Å²) in [6.07, 6.45) is 2.44. The number of hydrogen-bond acceptors (Lipinski definition) is 3. The standard InChI is InChI=1S/C8H7N3O/c1-6-7(5-12)8-3-2-4-9-11(8)10-6/h2-5H,1H3. The summed E-state index contributed by atoms with van der Waals surface area (Å²) in [5.74, 6) is 0. The molecule has 0 bridgehead atoms. The molecular weight excluding hydrogens is 154 g/mol. The van der Waals surface area contributed by atoms with Gasteiger partial charge in [0.1, 0.15) is 0 Å². The van der Waals surface area contributed by atoms with Crippen LogP contribution in [0.4, 0.5) is 0 Å². The Morgan fingerprint density at radius 3 is 3.17 bits per heavy atom. The van der Waals surface area contributed by atoms with Gasteiger partial charge in [0.2, 0.25) is 0 Å². The average Bonchev–Trinajstić information content (AvgIpc) is 2.40. The van der Waals surface area contributed by atoms with Crippen molar-refractivity contribution >= 4 is 11.8 Å². The number of hydrogen-bond donors (Lipinski definition) is 0. The molecule has 0 atom stereocenters. The van der Waals surface area contributed by atoms with Crippen molar-refractivity contribution in [3.8, 4) is 0 Å². The number of fused-ring (bicyclic) bond motifs is 1. The third kappa shape index (κ3) is 0.812. The third-order valence-corrected chi connectivity index (χ3v) is 1.76. The minimum Gasteiger partial charge on any atom is -0.298 e. The molecule has 2 heterocycles. The summed E-state index contributed by atoms with van der Waals surface area (Å²) in [7, 11) is 0. The second kappa shape index (κ2) is 2.41. The van der Waals surface area contributed by atoms with E-state index in [9.17, 15) is 4.79 Å². The Hall–Kier alpha value is -1.71. The van der Waals surface area contributed by atoms with Gasteiger partial charge in [0, 0.05) is 6.20 Å². The van der Waals surface area contributed by atoms with Crippen molar-refractivity contribution in [2.45, 2.75) is 6.92 Å². The maximum Gasteiger partial charge on any atom is 0.154 e. The Bertz CT molecular complexity index is 433. The van der Waals surface area contributed by atoms with Gasteiger partial charge in [-0.1, -0.05) is 0 Å². The molecule has 0 N–H and O–H groups in total. The highest BCUT2D eigenvalue weighted by Gasteiger charge is 2.06. The van der Waals surface area contributed by atoms with E-state index in [4.69, 9.17) is 0 Å². The summed E-state index contributed by atoms with van der Waals surface area (Å²) >= 11 is 0. The summed E-state index contributed by atoms with van der Waals surface area (Å²) in [5.41, 5.74) is 2.08. The van der Waals surface area contributed by atoms with Crippen LogP contribution >= 0.6 is 0 Å². The highest BCUT2D eigenvalue weighted by molar-refractivity contribution is 5.87. The molecule has 0 saturated carbocycles. The highest BCUT2D eigenvalue weighted by atomic mass is 16.1. The highest BCUT2D eigenvalue weighted by Crippen LogP contribution is 2.10.